The van der Waals surface area contributed by atoms with Crippen LogP contribution in [0.15, 0.2) is 78.9 Å². The third-order valence-corrected chi connectivity index (χ3v) is 7.01. The Morgan fingerprint density at radius 3 is 2.00 bits per heavy atom. The van der Waals surface area contributed by atoms with Crippen LogP contribution in [0.5, 0.6) is 0 Å². The van der Waals surface area contributed by atoms with Gasteiger partial charge in [-0.2, -0.15) is 0 Å². The molecule has 0 saturated heterocycles. The molecule has 0 aliphatic carbocycles. The Labute approximate surface area is 231 Å². The quantitative estimate of drug-likeness (QED) is 0.0746. The van der Waals surface area contributed by atoms with Gasteiger partial charge in [0, 0.05) is 54.1 Å². The molecule has 3 aromatic carbocycles. The van der Waals surface area contributed by atoms with E-state index in [1.807, 2.05) is 53.4 Å². The van der Waals surface area contributed by atoms with E-state index in [0.29, 0.717) is 19.6 Å². The number of fused-ring (bicyclic) bond motifs is 3. The number of para-hydroxylation sites is 2. The lowest BCUT2D eigenvalue weighted by Gasteiger charge is -2.30. The van der Waals surface area contributed by atoms with Crippen molar-refractivity contribution in [2.45, 2.75) is 37.5 Å². The highest BCUT2D eigenvalue weighted by Gasteiger charge is 2.31. The SMILES string of the molecule is O=C(/C=C/c1ccc(CN(CCn2c3ccccc3c3ccccc32)C[C@H](O)[C@@H](O)[C@H](O)C(O)CO)cc1)NO. The molecular formula is C30H35N3O7. The third-order valence-electron chi connectivity index (χ3n) is 7.01. The molecule has 0 radical (unpaired) electrons. The minimum absolute atomic E-state index is 0.00810. The maximum atomic E-state index is 11.2. The Morgan fingerprint density at radius 2 is 1.43 bits per heavy atom. The van der Waals surface area contributed by atoms with Crippen molar-refractivity contribution in [3.05, 3.63) is 90.0 Å². The van der Waals surface area contributed by atoms with Crippen LogP contribution in [0.3, 0.4) is 0 Å². The fraction of sp³-hybridized carbons (Fsp3) is 0.300. The lowest BCUT2D eigenvalue weighted by Crippen LogP contribution is -2.49. The predicted molar refractivity (Wildman–Crippen MR) is 151 cm³/mol. The Morgan fingerprint density at radius 1 is 0.850 bits per heavy atom. The molecule has 1 heterocycles. The minimum atomic E-state index is -1.71. The summed E-state index contributed by atoms with van der Waals surface area (Å²) in [6.07, 6.45) is -3.58. The van der Waals surface area contributed by atoms with Gasteiger partial charge in [-0.15, -0.1) is 0 Å². The van der Waals surface area contributed by atoms with Crippen LogP contribution < -0.4 is 5.48 Å². The molecule has 0 aliphatic rings. The number of aromatic nitrogens is 1. The highest BCUT2D eigenvalue weighted by Crippen LogP contribution is 2.28. The number of nitrogens with zero attached hydrogens (tertiary/aromatic N) is 2. The first-order valence-electron chi connectivity index (χ1n) is 13.0. The zero-order valence-electron chi connectivity index (χ0n) is 21.9. The molecule has 4 aromatic rings. The molecule has 0 fully saturated rings. The molecule has 0 bridgehead atoms. The Hall–Kier alpha value is -3.61. The van der Waals surface area contributed by atoms with Gasteiger partial charge in [0.1, 0.15) is 18.3 Å². The number of hydrogen-bond donors (Lipinski definition) is 7. The van der Waals surface area contributed by atoms with Gasteiger partial charge in [-0.05, 0) is 29.3 Å². The highest BCUT2D eigenvalue weighted by molar-refractivity contribution is 6.07. The highest BCUT2D eigenvalue weighted by atomic mass is 16.5. The predicted octanol–water partition coefficient (Wildman–Crippen LogP) is 1.25. The summed E-state index contributed by atoms with van der Waals surface area (Å²) >= 11 is 0. The Bertz CT molecular complexity index is 1380. The van der Waals surface area contributed by atoms with Gasteiger partial charge < -0.3 is 30.1 Å². The summed E-state index contributed by atoms with van der Waals surface area (Å²) in [6.45, 7) is 0.717. The van der Waals surface area contributed by atoms with E-state index in [0.717, 1.165) is 32.9 Å². The van der Waals surface area contributed by atoms with Crippen molar-refractivity contribution in [2.75, 3.05) is 19.7 Å². The zero-order chi connectivity index (χ0) is 28.6. The molecule has 40 heavy (non-hydrogen) atoms. The average Bonchev–Trinajstić information content (AvgIpc) is 3.31. The van der Waals surface area contributed by atoms with Crippen LogP contribution in [-0.2, 0) is 17.9 Å². The lowest BCUT2D eigenvalue weighted by atomic mass is 10.0. The van der Waals surface area contributed by atoms with Crippen molar-refractivity contribution in [2.24, 2.45) is 0 Å². The van der Waals surface area contributed by atoms with E-state index in [1.54, 1.807) is 11.6 Å². The van der Waals surface area contributed by atoms with Crippen molar-refractivity contribution in [3.63, 3.8) is 0 Å². The van der Waals surface area contributed by atoms with Crippen molar-refractivity contribution in [1.29, 1.82) is 0 Å². The van der Waals surface area contributed by atoms with Crippen molar-refractivity contribution >= 4 is 33.8 Å². The number of rotatable bonds is 13. The third kappa shape index (κ3) is 6.93. The van der Waals surface area contributed by atoms with Crippen LogP contribution in [0.25, 0.3) is 27.9 Å². The second-order valence-corrected chi connectivity index (χ2v) is 9.77. The molecule has 10 nitrogen and oxygen atoms in total. The van der Waals surface area contributed by atoms with Gasteiger partial charge in [-0.25, -0.2) is 5.48 Å². The second-order valence-electron chi connectivity index (χ2n) is 9.77. The van der Waals surface area contributed by atoms with E-state index in [2.05, 4.69) is 28.8 Å². The number of hydroxylamine groups is 1. The van der Waals surface area contributed by atoms with Crippen LogP contribution in [0.2, 0.25) is 0 Å². The lowest BCUT2D eigenvalue weighted by molar-refractivity contribution is -0.124. The number of aliphatic hydroxyl groups excluding tert-OH is 5. The molecule has 1 aromatic heterocycles. The van der Waals surface area contributed by atoms with Crippen LogP contribution in [-0.4, -0.2) is 90.2 Å². The summed E-state index contributed by atoms with van der Waals surface area (Å²) in [5.74, 6) is -0.638. The van der Waals surface area contributed by atoms with E-state index >= 15 is 0 Å². The Balaban J connectivity index is 1.56. The standard InChI is InChI=1S/C30H35N3O7/c34-19-27(36)30(39)29(38)26(35)18-32(17-21-11-9-20(10-12-21)13-14-28(37)31-40)15-16-33-24-7-3-1-5-22(24)23-6-2-4-8-25(23)33/h1-14,26-27,29-30,34-36,38-40H,15-19H2,(H,31,37)/b14-13+/t26-,27?,29+,30+/m0/s1. The van der Waals surface area contributed by atoms with Crippen molar-refractivity contribution in [3.8, 4) is 0 Å². The van der Waals surface area contributed by atoms with Gasteiger partial charge in [0.25, 0.3) is 5.91 Å². The van der Waals surface area contributed by atoms with Gasteiger partial charge in [-0.1, -0.05) is 60.7 Å². The monoisotopic (exact) mass is 549 g/mol. The van der Waals surface area contributed by atoms with E-state index in [4.69, 9.17) is 10.3 Å². The molecular weight excluding hydrogens is 514 g/mol. The Kier molecular flexibility index (Phi) is 10.0. The summed E-state index contributed by atoms with van der Waals surface area (Å²) < 4.78 is 2.21. The fourth-order valence-corrected chi connectivity index (χ4v) is 4.86. The number of amides is 1. The summed E-state index contributed by atoms with van der Waals surface area (Å²) in [7, 11) is 0. The second kappa shape index (κ2) is 13.6. The maximum Gasteiger partial charge on any atom is 0.267 e. The average molecular weight is 550 g/mol. The summed E-state index contributed by atoms with van der Waals surface area (Å²) in [6, 6.07) is 23.7. The van der Waals surface area contributed by atoms with Gasteiger partial charge in [-0.3, -0.25) is 14.9 Å². The van der Waals surface area contributed by atoms with Crippen LogP contribution in [0, 0.1) is 0 Å². The van der Waals surface area contributed by atoms with Crippen molar-refractivity contribution in [1.82, 2.24) is 14.9 Å². The van der Waals surface area contributed by atoms with E-state index in [9.17, 15) is 25.2 Å². The normalized spacial score (nSPS) is 15.1. The van der Waals surface area contributed by atoms with Gasteiger partial charge in [0.15, 0.2) is 0 Å². The molecule has 10 heteroatoms. The van der Waals surface area contributed by atoms with E-state index in [1.165, 1.54) is 6.08 Å². The van der Waals surface area contributed by atoms with Crippen LogP contribution in [0.4, 0.5) is 0 Å². The zero-order valence-corrected chi connectivity index (χ0v) is 21.9. The van der Waals surface area contributed by atoms with E-state index in [-0.39, 0.29) is 6.54 Å². The van der Waals surface area contributed by atoms with Gasteiger partial charge in [0.2, 0.25) is 0 Å². The van der Waals surface area contributed by atoms with Crippen molar-refractivity contribution < 1.29 is 35.5 Å². The van der Waals surface area contributed by atoms with Crippen LogP contribution in [0.1, 0.15) is 11.1 Å². The molecule has 0 spiro atoms. The van der Waals surface area contributed by atoms with Gasteiger partial charge in [0.05, 0.1) is 12.7 Å². The summed E-state index contributed by atoms with van der Waals surface area (Å²) in [5.41, 5.74) is 5.35. The number of aliphatic hydroxyl groups is 5. The largest absolute Gasteiger partial charge is 0.394 e. The smallest absolute Gasteiger partial charge is 0.267 e. The first kappa shape index (κ1) is 29.4. The molecule has 4 rings (SSSR count). The number of hydrogen-bond acceptors (Lipinski definition) is 8. The molecule has 0 saturated carbocycles. The maximum absolute atomic E-state index is 11.2. The molecule has 0 aliphatic heterocycles. The summed E-state index contributed by atoms with van der Waals surface area (Å²) in [4.78, 5) is 13.2. The topological polar surface area (TPSA) is 159 Å². The number of nitrogens with one attached hydrogen (secondary N) is 1. The summed E-state index contributed by atoms with van der Waals surface area (Å²) in [5, 5.41) is 61.1. The fourth-order valence-electron chi connectivity index (χ4n) is 4.86. The number of carbonyl (C=O) groups excluding carboxylic acids is 1. The number of benzene rings is 3. The first-order chi connectivity index (χ1) is 19.3. The number of carbonyl (C=O) groups is 1. The molecule has 7 N–H and O–H groups in total. The molecule has 4 atom stereocenters. The van der Waals surface area contributed by atoms with Crippen LogP contribution >= 0.6 is 0 Å². The minimum Gasteiger partial charge on any atom is -0.394 e. The van der Waals surface area contributed by atoms with E-state index < -0.39 is 36.9 Å². The molecule has 1 amide bonds. The van der Waals surface area contributed by atoms with Gasteiger partial charge >= 0.3 is 0 Å². The first-order valence-corrected chi connectivity index (χ1v) is 13.0. The molecule has 1 unspecified atom stereocenters. The molecule has 212 valence electrons.